The van der Waals surface area contributed by atoms with Crippen LogP contribution in [0.2, 0.25) is 0 Å². The fraction of sp³-hybridized carbons (Fsp3) is 0.429. The molecule has 6 nitrogen and oxygen atoms in total. The van der Waals surface area contributed by atoms with Gasteiger partial charge in [-0.05, 0) is 36.6 Å². The van der Waals surface area contributed by atoms with Crippen molar-refractivity contribution in [2.45, 2.75) is 37.6 Å². The number of carbonyl (C=O) groups excluding carboxylic acids is 1. The number of carbonyl (C=O) groups is 1. The van der Waals surface area contributed by atoms with E-state index in [1.54, 1.807) is 19.3 Å². The number of nitrogens with zero attached hydrogens (tertiary/aromatic N) is 2. The standard InChI is InChI=1S/C21H27N3O3/c1-21(26)10-13-24(14-16-8-11-22-12-9-16)19(17-6-4-3-5-7-17)20(21)23-18(25)15-27-2/h3-9,11-12,19-20,26H,10,13-15H2,1-2H3,(H,23,25)/t19-,20-,21+/m0/s1. The monoisotopic (exact) mass is 369 g/mol. The summed E-state index contributed by atoms with van der Waals surface area (Å²) < 4.78 is 4.96. The van der Waals surface area contributed by atoms with Crippen molar-refractivity contribution in [2.75, 3.05) is 20.3 Å². The van der Waals surface area contributed by atoms with Crippen molar-refractivity contribution in [1.29, 1.82) is 0 Å². The quantitative estimate of drug-likeness (QED) is 0.814. The van der Waals surface area contributed by atoms with E-state index < -0.39 is 11.6 Å². The molecule has 27 heavy (non-hydrogen) atoms. The van der Waals surface area contributed by atoms with Gasteiger partial charge >= 0.3 is 0 Å². The van der Waals surface area contributed by atoms with Gasteiger partial charge in [0.15, 0.2) is 0 Å². The first-order chi connectivity index (χ1) is 13.0. The maximum atomic E-state index is 12.3. The molecular weight excluding hydrogens is 342 g/mol. The number of piperidine rings is 1. The van der Waals surface area contributed by atoms with Crippen LogP contribution in [0.4, 0.5) is 0 Å². The number of aromatic nitrogens is 1. The van der Waals surface area contributed by atoms with Gasteiger partial charge < -0.3 is 15.2 Å². The van der Waals surface area contributed by atoms with Gasteiger partial charge in [0.2, 0.25) is 5.91 Å². The highest BCUT2D eigenvalue weighted by Gasteiger charge is 2.46. The number of likely N-dealkylation sites (tertiary alicyclic amines) is 1. The predicted octanol–water partition coefficient (Wildman–Crippen LogP) is 1.91. The molecule has 1 amide bonds. The summed E-state index contributed by atoms with van der Waals surface area (Å²) in [6.07, 6.45) is 4.13. The van der Waals surface area contributed by atoms with Crippen LogP contribution < -0.4 is 5.32 Å². The lowest BCUT2D eigenvalue weighted by atomic mass is 9.79. The van der Waals surface area contributed by atoms with Crippen LogP contribution in [0.1, 0.15) is 30.5 Å². The number of aliphatic hydroxyl groups is 1. The number of ether oxygens (including phenoxy) is 1. The largest absolute Gasteiger partial charge is 0.388 e. The van der Waals surface area contributed by atoms with E-state index in [0.717, 1.165) is 24.2 Å². The van der Waals surface area contributed by atoms with Gasteiger partial charge in [0.05, 0.1) is 17.7 Å². The summed E-state index contributed by atoms with van der Waals surface area (Å²) in [5, 5.41) is 14.1. The summed E-state index contributed by atoms with van der Waals surface area (Å²) in [4.78, 5) is 18.7. The summed E-state index contributed by atoms with van der Waals surface area (Å²) in [5.41, 5.74) is 1.20. The van der Waals surface area contributed by atoms with Crippen LogP contribution in [-0.2, 0) is 16.1 Å². The molecule has 0 radical (unpaired) electrons. The number of rotatable bonds is 6. The topological polar surface area (TPSA) is 74.7 Å². The second-order valence-corrected chi connectivity index (χ2v) is 7.27. The van der Waals surface area contributed by atoms with Gasteiger partial charge in [0, 0.05) is 32.6 Å². The van der Waals surface area contributed by atoms with Gasteiger partial charge in [-0.25, -0.2) is 0 Å². The number of methoxy groups -OCH3 is 1. The Bertz CT molecular complexity index is 737. The fourth-order valence-corrected chi connectivity index (χ4v) is 3.75. The van der Waals surface area contributed by atoms with Crippen molar-refractivity contribution < 1.29 is 14.6 Å². The van der Waals surface area contributed by atoms with Crippen LogP contribution in [0.3, 0.4) is 0 Å². The zero-order chi connectivity index (χ0) is 19.3. The minimum Gasteiger partial charge on any atom is -0.388 e. The summed E-state index contributed by atoms with van der Waals surface area (Å²) in [6.45, 7) is 3.21. The Morgan fingerprint density at radius 1 is 1.30 bits per heavy atom. The molecule has 2 aromatic rings. The number of hydrogen-bond acceptors (Lipinski definition) is 5. The van der Waals surface area contributed by atoms with Crippen LogP contribution >= 0.6 is 0 Å². The molecule has 1 aromatic carbocycles. The molecule has 1 saturated heterocycles. The molecule has 3 atom stereocenters. The minimum absolute atomic E-state index is 0.0293. The van der Waals surface area contributed by atoms with Gasteiger partial charge in [0.25, 0.3) is 0 Å². The van der Waals surface area contributed by atoms with Gasteiger partial charge in [-0.2, -0.15) is 0 Å². The maximum Gasteiger partial charge on any atom is 0.246 e. The Hall–Kier alpha value is -2.28. The molecule has 1 aromatic heterocycles. The Morgan fingerprint density at radius 3 is 2.67 bits per heavy atom. The number of amides is 1. The molecule has 0 spiro atoms. The predicted molar refractivity (Wildman–Crippen MR) is 103 cm³/mol. The summed E-state index contributed by atoms with van der Waals surface area (Å²) in [6, 6.07) is 13.4. The molecular formula is C21H27N3O3. The molecule has 1 aliphatic rings. The third kappa shape index (κ3) is 4.71. The second kappa shape index (κ2) is 8.61. The lowest BCUT2D eigenvalue weighted by molar-refractivity contribution is -0.132. The number of benzene rings is 1. The van der Waals surface area contributed by atoms with Crippen LogP contribution in [0, 0.1) is 0 Å². The highest BCUT2D eigenvalue weighted by molar-refractivity contribution is 5.77. The molecule has 1 fully saturated rings. The van der Waals surface area contributed by atoms with E-state index in [9.17, 15) is 9.90 Å². The average Bonchev–Trinajstić information content (AvgIpc) is 2.66. The fourth-order valence-electron chi connectivity index (χ4n) is 3.75. The zero-order valence-electron chi connectivity index (χ0n) is 15.8. The number of nitrogens with one attached hydrogen (secondary N) is 1. The van der Waals surface area contributed by atoms with Crippen molar-refractivity contribution in [3.8, 4) is 0 Å². The van der Waals surface area contributed by atoms with Crippen LogP contribution in [0.15, 0.2) is 54.9 Å². The minimum atomic E-state index is -1.02. The van der Waals surface area contributed by atoms with E-state index in [0.29, 0.717) is 6.42 Å². The molecule has 0 saturated carbocycles. The van der Waals surface area contributed by atoms with Crippen molar-refractivity contribution in [3.63, 3.8) is 0 Å². The van der Waals surface area contributed by atoms with Crippen molar-refractivity contribution in [1.82, 2.24) is 15.2 Å². The lowest BCUT2D eigenvalue weighted by Crippen LogP contribution is -2.62. The number of hydrogen-bond donors (Lipinski definition) is 2. The number of pyridine rings is 1. The Morgan fingerprint density at radius 2 is 2.00 bits per heavy atom. The molecule has 144 valence electrons. The first-order valence-corrected chi connectivity index (χ1v) is 9.20. The van der Waals surface area contributed by atoms with Crippen LogP contribution in [0.25, 0.3) is 0 Å². The lowest BCUT2D eigenvalue weighted by Gasteiger charge is -2.49. The highest BCUT2D eigenvalue weighted by Crippen LogP contribution is 2.37. The molecule has 3 rings (SSSR count). The van der Waals surface area contributed by atoms with E-state index in [1.165, 1.54) is 7.11 Å². The van der Waals surface area contributed by atoms with E-state index in [1.807, 2.05) is 42.5 Å². The van der Waals surface area contributed by atoms with Crippen molar-refractivity contribution in [3.05, 3.63) is 66.0 Å². The summed E-state index contributed by atoms with van der Waals surface area (Å²) >= 11 is 0. The van der Waals surface area contributed by atoms with E-state index in [2.05, 4.69) is 15.2 Å². The van der Waals surface area contributed by atoms with Gasteiger partial charge in [-0.15, -0.1) is 0 Å². The van der Waals surface area contributed by atoms with Gasteiger partial charge in [-0.3, -0.25) is 14.7 Å². The third-order valence-corrected chi connectivity index (χ3v) is 5.15. The Kier molecular flexibility index (Phi) is 6.21. The van der Waals surface area contributed by atoms with Crippen LogP contribution in [-0.4, -0.2) is 52.8 Å². The molecule has 2 heterocycles. The first-order valence-electron chi connectivity index (χ1n) is 9.20. The Balaban J connectivity index is 1.94. The Labute approximate surface area is 160 Å². The summed E-state index contributed by atoms with van der Waals surface area (Å²) in [5.74, 6) is -0.227. The molecule has 6 heteroatoms. The highest BCUT2D eigenvalue weighted by atomic mass is 16.5. The van der Waals surface area contributed by atoms with Crippen molar-refractivity contribution >= 4 is 5.91 Å². The molecule has 0 bridgehead atoms. The summed E-state index contributed by atoms with van der Waals surface area (Å²) in [7, 11) is 1.49. The van der Waals surface area contributed by atoms with E-state index >= 15 is 0 Å². The zero-order valence-corrected chi connectivity index (χ0v) is 15.8. The van der Waals surface area contributed by atoms with E-state index in [4.69, 9.17) is 4.74 Å². The average molecular weight is 369 g/mol. The first kappa shape index (κ1) is 19.5. The molecule has 0 unspecified atom stereocenters. The van der Waals surface area contributed by atoms with Gasteiger partial charge in [0.1, 0.15) is 6.61 Å². The van der Waals surface area contributed by atoms with Crippen molar-refractivity contribution in [2.24, 2.45) is 0 Å². The van der Waals surface area contributed by atoms with Crippen LogP contribution in [0.5, 0.6) is 0 Å². The molecule has 1 aliphatic heterocycles. The maximum absolute atomic E-state index is 12.3. The third-order valence-electron chi connectivity index (χ3n) is 5.15. The molecule has 0 aliphatic carbocycles. The smallest absolute Gasteiger partial charge is 0.246 e. The van der Waals surface area contributed by atoms with Gasteiger partial charge in [-0.1, -0.05) is 30.3 Å². The second-order valence-electron chi connectivity index (χ2n) is 7.27. The normalized spacial score (nSPS) is 25.9. The van der Waals surface area contributed by atoms with E-state index in [-0.39, 0.29) is 18.6 Å². The molecule has 2 N–H and O–H groups in total. The SMILES string of the molecule is COCC(=O)N[C@H]1[C@H](c2ccccc2)N(Cc2ccncc2)CC[C@@]1(C)O.